The fraction of sp³-hybridized carbons (Fsp3) is 0.429. The molecule has 3 rings (SSSR count). The summed E-state index contributed by atoms with van der Waals surface area (Å²) >= 11 is 3.49. The van der Waals surface area contributed by atoms with Gasteiger partial charge in [-0.3, -0.25) is 0 Å². The minimum Gasteiger partial charge on any atom is -0.311 e. The molecule has 94 valence electrons. The molecule has 0 atom stereocenters. The maximum absolute atomic E-state index is 4.36. The number of aromatic nitrogens is 3. The van der Waals surface area contributed by atoms with Crippen LogP contribution in [0.1, 0.15) is 41.7 Å². The van der Waals surface area contributed by atoms with E-state index in [0.717, 1.165) is 23.4 Å². The van der Waals surface area contributed by atoms with E-state index in [-0.39, 0.29) is 0 Å². The van der Waals surface area contributed by atoms with E-state index in [1.807, 2.05) is 0 Å². The van der Waals surface area contributed by atoms with Crippen molar-refractivity contribution in [3.05, 3.63) is 47.0 Å². The van der Waals surface area contributed by atoms with Crippen LogP contribution in [-0.2, 0) is 11.8 Å². The SMILES string of the molecule is Cc1cccc(Cc2nnc(CBr)n2C2CC2)c1. The molecule has 0 N–H and O–H groups in total. The summed E-state index contributed by atoms with van der Waals surface area (Å²) in [5.74, 6) is 2.15. The quantitative estimate of drug-likeness (QED) is 0.811. The summed E-state index contributed by atoms with van der Waals surface area (Å²) in [5.41, 5.74) is 2.61. The zero-order chi connectivity index (χ0) is 12.5. The summed E-state index contributed by atoms with van der Waals surface area (Å²) < 4.78 is 2.32. The average molecular weight is 306 g/mol. The van der Waals surface area contributed by atoms with Gasteiger partial charge in [-0.25, -0.2) is 0 Å². The van der Waals surface area contributed by atoms with Crippen molar-refractivity contribution in [1.29, 1.82) is 0 Å². The molecule has 0 amide bonds. The van der Waals surface area contributed by atoms with Gasteiger partial charge in [-0.1, -0.05) is 45.8 Å². The number of hydrogen-bond donors (Lipinski definition) is 0. The summed E-state index contributed by atoms with van der Waals surface area (Å²) in [6, 6.07) is 9.24. The van der Waals surface area contributed by atoms with E-state index in [2.05, 4.69) is 61.9 Å². The van der Waals surface area contributed by atoms with Crippen molar-refractivity contribution in [2.75, 3.05) is 0 Å². The maximum Gasteiger partial charge on any atom is 0.143 e. The molecule has 0 aliphatic heterocycles. The molecule has 0 spiro atoms. The van der Waals surface area contributed by atoms with E-state index in [4.69, 9.17) is 0 Å². The van der Waals surface area contributed by atoms with Crippen molar-refractivity contribution in [2.45, 2.75) is 37.6 Å². The predicted molar refractivity (Wildman–Crippen MR) is 74.9 cm³/mol. The minimum atomic E-state index is 0.632. The van der Waals surface area contributed by atoms with E-state index in [9.17, 15) is 0 Å². The van der Waals surface area contributed by atoms with Gasteiger partial charge in [0.05, 0.1) is 5.33 Å². The van der Waals surface area contributed by atoms with Gasteiger partial charge in [0.15, 0.2) is 0 Å². The number of nitrogens with zero attached hydrogens (tertiary/aromatic N) is 3. The Morgan fingerprint density at radius 3 is 2.72 bits per heavy atom. The first-order chi connectivity index (χ1) is 8.78. The monoisotopic (exact) mass is 305 g/mol. The van der Waals surface area contributed by atoms with Crippen LogP contribution < -0.4 is 0 Å². The second kappa shape index (κ2) is 4.84. The lowest BCUT2D eigenvalue weighted by atomic mass is 10.1. The third-order valence-electron chi connectivity index (χ3n) is 3.31. The van der Waals surface area contributed by atoms with Crippen molar-refractivity contribution >= 4 is 15.9 Å². The van der Waals surface area contributed by atoms with E-state index in [1.54, 1.807) is 0 Å². The molecule has 18 heavy (non-hydrogen) atoms. The van der Waals surface area contributed by atoms with Gasteiger partial charge in [0.25, 0.3) is 0 Å². The topological polar surface area (TPSA) is 30.7 Å². The van der Waals surface area contributed by atoms with Crippen molar-refractivity contribution in [2.24, 2.45) is 0 Å². The highest BCUT2D eigenvalue weighted by Gasteiger charge is 2.28. The Labute approximate surface area is 115 Å². The Morgan fingerprint density at radius 1 is 1.28 bits per heavy atom. The van der Waals surface area contributed by atoms with E-state index >= 15 is 0 Å². The predicted octanol–water partition coefficient (Wildman–Crippen LogP) is 3.41. The highest BCUT2D eigenvalue weighted by Crippen LogP contribution is 2.37. The van der Waals surface area contributed by atoms with Gasteiger partial charge in [-0.2, -0.15) is 0 Å². The molecule has 1 aliphatic rings. The lowest BCUT2D eigenvalue weighted by Crippen LogP contribution is -2.05. The Balaban J connectivity index is 1.90. The van der Waals surface area contributed by atoms with E-state index in [0.29, 0.717) is 6.04 Å². The summed E-state index contributed by atoms with van der Waals surface area (Å²) in [7, 11) is 0. The molecule has 1 aliphatic carbocycles. The van der Waals surface area contributed by atoms with E-state index in [1.165, 1.54) is 24.0 Å². The van der Waals surface area contributed by atoms with Crippen LogP contribution in [0.25, 0.3) is 0 Å². The molecule has 3 nitrogen and oxygen atoms in total. The molecule has 0 unspecified atom stereocenters. The first-order valence-corrected chi connectivity index (χ1v) is 7.44. The van der Waals surface area contributed by atoms with Crippen molar-refractivity contribution in [3.8, 4) is 0 Å². The minimum absolute atomic E-state index is 0.632. The van der Waals surface area contributed by atoms with Crippen LogP contribution in [0.4, 0.5) is 0 Å². The first-order valence-electron chi connectivity index (χ1n) is 6.32. The van der Waals surface area contributed by atoms with Crippen LogP contribution in [-0.4, -0.2) is 14.8 Å². The number of aryl methyl sites for hydroxylation is 1. The number of rotatable bonds is 4. The lowest BCUT2D eigenvalue weighted by molar-refractivity contribution is 0.671. The van der Waals surface area contributed by atoms with Crippen LogP contribution in [0.3, 0.4) is 0 Å². The van der Waals surface area contributed by atoms with Crippen molar-refractivity contribution in [3.63, 3.8) is 0 Å². The molecular weight excluding hydrogens is 290 g/mol. The summed E-state index contributed by atoms with van der Waals surface area (Å²) in [4.78, 5) is 0. The lowest BCUT2D eigenvalue weighted by Gasteiger charge is -2.08. The molecule has 0 bridgehead atoms. The van der Waals surface area contributed by atoms with Crippen molar-refractivity contribution in [1.82, 2.24) is 14.8 Å². The van der Waals surface area contributed by atoms with Crippen molar-refractivity contribution < 1.29 is 0 Å². The molecular formula is C14H16BrN3. The Hall–Kier alpha value is -1.16. The molecule has 1 heterocycles. The van der Waals surface area contributed by atoms with Crippen LogP contribution in [0, 0.1) is 6.92 Å². The molecule has 1 fully saturated rings. The van der Waals surface area contributed by atoms with Gasteiger partial charge in [-0.15, -0.1) is 10.2 Å². The fourth-order valence-electron chi connectivity index (χ4n) is 2.33. The van der Waals surface area contributed by atoms with Gasteiger partial charge < -0.3 is 4.57 Å². The van der Waals surface area contributed by atoms with Gasteiger partial charge in [0.1, 0.15) is 11.6 Å². The molecule has 2 aromatic rings. The number of hydrogen-bond acceptors (Lipinski definition) is 2. The number of benzene rings is 1. The zero-order valence-electron chi connectivity index (χ0n) is 10.4. The molecule has 0 radical (unpaired) electrons. The average Bonchev–Trinajstić information content (AvgIpc) is 3.11. The zero-order valence-corrected chi connectivity index (χ0v) is 12.0. The number of halogens is 1. The molecule has 0 saturated heterocycles. The summed E-state index contributed by atoms with van der Waals surface area (Å²) in [5, 5.41) is 9.42. The largest absolute Gasteiger partial charge is 0.311 e. The molecule has 1 saturated carbocycles. The molecule has 1 aromatic carbocycles. The third kappa shape index (κ3) is 2.34. The van der Waals surface area contributed by atoms with Crippen LogP contribution in [0.5, 0.6) is 0 Å². The third-order valence-corrected chi connectivity index (χ3v) is 3.81. The van der Waals surface area contributed by atoms with Gasteiger partial charge in [-0.05, 0) is 25.3 Å². The highest BCUT2D eigenvalue weighted by molar-refractivity contribution is 9.08. The molecule has 4 heteroatoms. The summed E-state index contributed by atoms with van der Waals surface area (Å²) in [6.45, 7) is 2.12. The second-order valence-corrected chi connectivity index (χ2v) is 5.49. The normalized spacial score (nSPS) is 15.0. The second-order valence-electron chi connectivity index (χ2n) is 4.93. The standard InChI is InChI=1S/C14H16BrN3/c1-10-3-2-4-11(7-10)8-13-16-17-14(9-15)18(13)12-5-6-12/h2-4,7,12H,5-6,8-9H2,1H3. The first kappa shape index (κ1) is 11.9. The maximum atomic E-state index is 4.36. The molecule has 1 aromatic heterocycles. The smallest absolute Gasteiger partial charge is 0.143 e. The van der Waals surface area contributed by atoms with Gasteiger partial charge in [0.2, 0.25) is 0 Å². The van der Waals surface area contributed by atoms with Crippen LogP contribution in [0.2, 0.25) is 0 Å². The Morgan fingerprint density at radius 2 is 2.06 bits per heavy atom. The fourth-order valence-corrected chi connectivity index (χ4v) is 2.71. The Kier molecular flexibility index (Phi) is 3.20. The number of alkyl halides is 1. The highest BCUT2D eigenvalue weighted by atomic mass is 79.9. The van der Waals surface area contributed by atoms with Gasteiger partial charge >= 0.3 is 0 Å². The Bertz CT molecular complexity index is 558. The van der Waals surface area contributed by atoms with Crippen LogP contribution in [0.15, 0.2) is 24.3 Å². The van der Waals surface area contributed by atoms with Gasteiger partial charge in [0, 0.05) is 12.5 Å². The van der Waals surface area contributed by atoms with Crippen LogP contribution >= 0.6 is 15.9 Å². The summed E-state index contributed by atoms with van der Waals surface area (Å²) in [6.07, 6.45) is 3.40. The van der Waals surface area contributed by atoms with E-state index < -0.39 is 0 Å².